The minimum atomic E-state index is -0.0591. The molecule has 4 heteroatoms. The molecule has 0 bridgehead atoms. The first kappa shape index (κ1) is 9.71. The van der Waals surface area contributed by atoms with Gasteiger partial charge in [-0.15, -0.1) is 0 Å². The summed E-state index contributed by atoms with van der Waals surface area (Å²) in [5.41, 5.74) is 0.960. The third kappa shape index (κ3) is 1.58. The molecule has 1 aromatic heterocycles. The molecule has 2 aromatic rings. The summed E-state index contributed by atoms with van der Waals surface area (Å²) in [6, 6.07) is 5.78. The predicted octanol–water partition coefficient (Wildman–Crippen LogP) is 1.000. The van der Waals surface area contributed by atoms with Crippen molar-refractivity contribution in [3.8, 4) is 0 Å². The summed E-state index contributed by atoms with van der Waals surface area (Å²) < 4.78 is 1.35. The lowest BCUT2D eigenvalue weighted by Crippen LogP contribution is -2.19. The van der Waals surface area contributed by atoms with Gasteiger partial charge in [-0.3, -0.25) is 4.79 Å². The van der Waals surface area contributed by atoms with Crippen molar-refractivity contribution in [2.75, 3.05) is 19.0 Å². The summed E-state index contributed by atoms with van der Waals surface area (Å²) >= 11 is 0. The Balaban J connectivity index is 2.80. The Morgan fingerprint density at radius 3 is 2.73 bits per heavy atom. The van der Waals surface area contributed by atoms with E-state index < -0.39 is 0 Å². The van der Waals surface area contributed by atoms with Crippen LogP contribution in [0.2, 0.25) is 0 Å². The number of fused-ring (bicyclic) bond motifs is 1. The monoisotopic (exact) mass is 203 g/mol. The largest absolute Gasteiger partial charge is 0.378 e. The van der Waals surface area contributed by atoms with Crippen LogP contribution in [0, 0.1) is 0 Å². The highest BCUT2D eigenvalue weighted by Gasteiger charge is 2.03. The van der Waals surface area contributed by atoms with Crippen LogP contribution in [0.1, 0.15) is 0 Å². The summed E-state index contributed by atoms with van der Waals surface area (Å²) in [6.45, 7) is 0. The Labute approximate surface area is 87.7 Å². The molecule has 15 heavy (non-hydrogen) atoms. The fourth-order valence-corrected chi connectivity index (χ4v) is 1.50. The Kier molecular flexibility index (Phi) is 2.19. The second-order valence-electron chi connectivity index (χ2n) is 3.74. The van der Waals surface area contributed by atoms with Crippen molar-refractivity contribution in [2.45, 2.75) is 0 Å². The summed E-state index contributed by atoms with van der Waals surface area (Å²) in [4.78, 5) is 13.8. The van der Waals surface area contributed by atoms with E-state index in [2.05, 4.69) is 5.10 Å². The van der Waals surface area contributed by atoms with Crippen molar-refractivity contribution in [2.24, 2.45) is 7.05 Å². The third-order valence-corrected chi connectivity index (χ3v) is 2.45. The second kappa shape index (κ2) is 3.38. The number of anilines is 1. The predicted molar refractivity (Wildman–Crippen MR) is 61.3 cm³/mol. The number of hydrogen-bond donors (Lipinski definition) is 0. The highest BCUT2D eigenvalue weighted by molar-refractivity contribution is 5.84. The first-order valence-corrected chi connectivity index (χ1v) is 4.73. The highest BCUT2D eigenvalue weighted by atomic mass is 16.1. The van der Waals surface area contributed by atoms with Gasteiger partial charge >= 0.3 is 0 Å². The Hall–Kier alpha value is -1.84. The van der Waals surface area contributed by atoms with Gasteiger partial charge in [0, 0.05) is 32.2 Å². The van der Waals surface area contributed by atoms with Crippen LogP contribution in [-0.2, 0) is 7.05 Å². The van der Waals surface area contributed by atoms with E-state index in [1.807, 2.05) is 37.2 Å². The molecule has 0 atom stereocenters. The molecule has 0 spiro atoms. The Bertz CT molecular complexity index is 557. The standard InChI is InChI=1S/C11H13N3O/c1-13(2)9-5-4-8-7-12-14(3)11(15)10(8)6-9/h4-7H,1-3H3. The van der Waals surface area contributed by atoms with Gasteiger partial charge in [0.25, 0.3) is 5.56 Å². The fourth-order valence-electron chi connectivity index (χ4n) is 1.50. The molecule has 0 fully saturated rings. The van der Waals surface area contributed by atoms with Crippen LogP contribution in [0.4, 0.5) is 5.69 Å². The molecule has 0 aliphatic heterocycles. The zero-order valence-corrected chi connectivity index (χ0v) is 9.06. The van der Waals surface area contributed by atoms with E-state index in [4.69, 9.17) is 0 Å². The van der Waals surface area contributed by atoms with Crippen molar-refractivity contribution < 1.29 is 0 Å². The maximum Gasteiger partial charge on any atom is 0.274 e. The highest BCUT2D eigenvalue weighted by Crippen LogP contribution is 2.16. The molecule has 4 nitrogen and oxygen atoms in total. The number of rotatable bonds is 1. The van der Waals surface area contributed by atoms with Gasteiger partial charge in [-0.2, -0.15) is 5.10 Å². The van der Waals surface area contributed by atoms with Crippen LogP contribution in [0.25, 0.3) is 10.8 Å². The summed E-state index contributed by atoms with van der Waals surface area (Å²) in [7, 11) is 5.56. The molecule has 0 radical (unpaired) electrons. The fraction of sp³-hybridized carbons (Fsp3) is 0.273. The van der Waals surface area contributed by atoms with E-state index in [1.54, 1.807) is 13.2 Å². The van der Waals surface area contributed by atoms with Crippen molar-refractivity contribution in [3.05, 3.63) is 34.7 Å². The van der Waals surface area contributed by atoms with E-state index in [-0.39, 0.29) is 5.56 Å². The minimum Gasteiger partial charge on any atom is -0.378 e. The molecular weight excluding hydrogens is 190 g/mol. The van der Waals surface area contributed by atoms with E-state index in [9.17, 15) is 4.79 Å². The van der Waals surface area contributed by atoms with Gasteiger partial charge in [-0.05, 0) is 12.1 Å². The van der Waals surface area contributed by atoms with Gasteiger partial charge in [-0.1, -0.05) is 6.07 Å². The van der Waals surface area contributed by atoms with Gasteiger partial charge in [-0.25, -0.2) is 4.68 Å². The van der Waals surface area contributed by atoms with E-state index in [0.29, 0.717) is 5.39 Å². The zero-order valence-electron chi connectivity index (χ0n) is 9.06. The molecule has 0 saturated carbocycles. The molecule has 0 amide bonds. The van der Waals surface area contributed by atoms with Gasteiger partial charge in [0.1, 0.15) is 0 Å². The molecule has 0 unspecified atom stereocenters. The van der Waals surface area contributed by atoms with Crippen LogP contribution in [0.3, 0.4) is 0 Å². The number of nitrogens with zero attached hydrogens (tertiary/aromatic N) is 3. The minimum absolute atomic E-state index is 0.0591. The first-order chi connectivity index (χ1) is 7.09. The maximum absolute atomic E-state index is 11.8. The van der Waals surface area contributed by atoms with Crippen molar-refractivity contribution in [1.82, 2.24) is 9.78 Å². The van der Waals surface area contributed by atoms with Crippen molar-refractivity contribution in [1.29, 1.82) is 0 Å². The molecule has 1 heterocycles. The molecule has 0 aliphatic rings. The summed E-state index contributed by atoms with van der Waals surface area (Å²) in [5.74, 6) is 0. The molecular formula is C11H13N3O. The molecule has 0 N–H and O–H groups in total. The van der Waals surface area contributed by atoms with Crippen LogP contribution in [-0.4, -0.2) is 23.9 Å². The normalized spacial score (nSPS) is 10.6. The summed E-state index contributed by atoms with van der Waals surface area (Å²) in [6.07, 6.45) is 1.70. The van der Waals surface area contributed by atoms with Gasteiger partial charge in [0.15, 0.2) is 0 Å². The average Bonchev–Trinajstić information content (AvgIpc) is 2.23. The van der Waals surface area contributed by atoms with E-state index >= 15 is 0 Å². The average molecular weight is 203 g/mol. The van der Waals surface area contributed by atoms with Gasteiger partial charge < -0.3 is 4.90 Å². The lowest BCUT2D eigenvalue weighted by molar-refractivity contribution is 0.718. The van der Waals surface area contributed by atoms with Crippen LogP contribution >= 0.6 is 0 Å². The van der Waals surface area contributed by atoms with E-state index in [1.165, 1.54) is 4.68 Å². The molecule has 2 rings (SSSR count). The van der Waals surface area contributed by atoms with Crippen molar-refractivity contribution >= 4 is 16.5 Å². The molecule has 78 valence electrons. The lowest BCUT2D eigenvalue weighted by Gasteiger charge is -2.12. The topological polar surface area (TPSA) is 38.1 Å². The van der Waals surface area contributed by atoms with Crippen molar-refractivity contribution in [3.63, 3.8) is 0 Å². The second-order valence-corrected chi connectivity index (χ2v) is 3.74. The number of aryl methyl sites for hydroxylation is 1. The quantitative estimate of drug-likeness (QED) is 0.694. The number of aromatic nitrogens is 2. The molecule has 1 aromatic carbocycles. The Morgan fingerprint density at radius 1 is 1.33 bits per heavy atom. The van der Waals surface area contributed by atoms with Gasteiger partial charge in [0.2, 0.25) is 0 Å². The number of benzene rings is 1. The smallest absolute Gasteiger partial charge is 0.274 e. The lowest BCUT2D eigenvalue weighted by atomic mass is 10.2. The van der Waals surface area contributed by atoms with Crippen LogP contribution < -0.4 is 10.5 Å². The van der Waals surface area contributed by atoms with Crippen LogP contribution in [0.5, 0.6) is 0 Å². The zero-order chi connectivity index (χ0) is 11.0. The Morgan fingerprint density at radius 2 is 2.07 bits per heavy atom. The number of hydrogen-bond acceptors (Lipinski definition) is 3. The summed E-state index contributed by atoms with van der Waals surface area (Å²) in [5, 5.41) is 5.56. The first-order valence-electron chi connectivity index (χ1n) is 4.73. The molecule has 0 aliphatic carbocycles. The molecule has 0 saturated heterocycles. The third-order valence-electron chi connectivity index (χ3n) is 2.45. The maximum atomic E-state index is 11.8. The van der Waals surface area contributed by atoms with Crippen LogP contribution in [0.15, 0.2) is 29.2 Å². The SMILES string of the molecule is CN(C)c1ccc2cnn(C)c(=O)c2c1. The van der Waals surface area contributed by atoms with E-state index in [0.717, 1.165) is 11.1 Å². The van der Waals surface area contributed by atoms with Gasteiger partial charge in [0.05, 0.1) is 11.6 Å².